The Kier molecular flexibility index (Phi) is 7.07. The first-order valence-corrected chi connectivity index (χ1v) is 8.17. The van der Waals surface area contributed by atoms with E-state index in [4.69, 9.17) is 5.73 Å². The molecule has 0 spiro atoms. The molecule has 0 saturated carbocycles. The van der Waals surface area contributed by atoms with E-state index in [2.05, 4.69) is 46.4 Å². The van der Waals surface area contributed by atoms with Gasteiger partial charge in [-0.2, -0.15) is 0 Å². The zero-order chi connectivity index (χ0) is 17.5. The average molecular weight is 318 g/mol. The largest absolute Gasteiger partial charge is 0.369 e. The Morgan fingerprint density at radius 3 is 2.26 bits per heavy atom. The number of hydrogen-bond acceptors (Lipinski definition) is 2. The molecule has 0 saturated heterocycles. The van der Waals surface area contributed by atoms with E-state index < -0.39 is 5.41 Å². The third-order valence-electron chi connectivity index (χ3n) is 3.84. The molecule has 0 atom stereocenters. The van der Waals surface area contributed by atoms with E-state index in [1.165, 1.54) is 11.1 Å². The molecule has 1 aromatic carbocycles. The molecule has 0 unspecified atom stereocenters. The maximum atomic E-state index is 11.4. The van der Waals surface area contributed by atoms with Crippen molar-refractivity contribution in [1.82, 2.24) is 10.2 Å². The molecule has 3 N–H and O–H groups in total. The number of aryl methyl sites for hydroxylation is 1. The lowest BCUT2D eigenvalue weighted by Crippen LogP contribution is -2.40. The van der Waals surface area contributed by atoms with Crippen molar-refractivity contribution >= 4 is 11.9 Å². The summed E-state index contributed by atoms with van der Waals surface area (Å²) in [5.74, 6) is 0.441. The second-order valence-corrected chi connectivity index (χ2v) is 6.44. The first-order chi connectivity index (χ1) is 10.8. The van der Waals surface area contributed by atoms with E-state index in [0.717, 1.165) is 25.5 Å². The molecule has 0 aliphatic rings. The fourth-order valence-electron chi connectivity index (χ4n) is 2.05. The van der Waals surface area contributed by atoms with Crippen molar-refractivity contribution in [2.24, 2.45) is 16.1 Å². The van der Waals surface area contributed by atoms with Crippen LogP contribution < -0.4 is 11.1 Å². The highest BCUT2D eigenvalue weighted by atomic mass is 16.1. The first kappa shape index (κ1) is 19.0. The summed E-state index contributed by atoms with van der Waals surface area (Å²) in [6, 6.07) is 8.60. The molecule has 1 rings (SSSR count). The van der Waals surface area contributed by atoms with Gasteiger partial charge in [0.15, 0.2) is 5.96 Å². The molecule has 1 aromatic rings. The number of carbonyl (C=O) groups excluding carboxylic acids is 1. The number of nitrogens with zero attached hydrogens (tertiary/aromatic N) is 2. The number of hydrogen-bond donors (Lipinski definition) is 2. The highest BCUT2D eigenvalue weighted by Crippen LogP contribution is 2.14. The van der Waals surface area contributed by atoms with Crippen LogP contribution in [0.15, 0.2) is 29.3 Å². The summed E-state index contributed by atoms with van der Waals surface area (Å²) in [5, 5.41) is 3.26. The van der Waals surface area contributed by atoms with Crippen LogP contribution in [0.25, 0.3) is 0 Å². The van der Waals surface area contributed by atoms with Crippen LogP contribution in [0.1, 0.15) is 38.8 Å². The van der Waals surface area contributed by atoms with Crippen LogP contribution in [0, 0.1) is 5.41 Å². The monoisotopic (exact) mass is 318 g/mol. The van der Waals surface area contributed by atoms with Gasteiger partial charge >= 0.3 is 0 Å². The zero-order valence-corrected chi connectivity index (χ0v) is 15.0. The SMILES string of the molecule is CCNC(=NCC(C)(C)C(N)=O)N(C)Cc1ccc(CC)cc1. The fraction of sp³-hybridized carbons (Fsp3) is 0.556. The van der Waals surface area contributed by atoms with Crippen molar-refractivity contribution in [2.75, 3.05) is 20.1 Å². The van der Waals surface area contributed by atoms with Crippen LogP contribution in [0.5, 0.6) is 0 Å². The van der Waals surface area contributed by atoms with Crippen molar-refractivity contribution in [1.29, 1.82) is 0 Å². The molecule has 5 heteroatoms. The zero-order valence-electron chi connectivity index (χ0n) is 15.0. The van der Waals surface area contributed by atoms with Gasteiger partial charge in [0.2, 0.25) is 5.91 Å². The van der Waals surface area contributed by atoms with Gasteiger partial charge in [-0.25, -0.2) is 0 Å². The van der Waals surface area contributed by atoms with Gasteiger partial charge in [-0.15, -0.1) is 0 Å². The molecule has 128 valence electrons. The smallest absolute Gasteiger partial charge is 0.224 e. The number of aliphatic imine (C=N–C) groups is 1. The van der Waals surface area contributed by atoms with Crippen LogP contribution in [0.4, 0.5) is 0 Å². The first-order valence-electron chi connectivity index (χ1n) is 8.17. The molecular formula is C18H30N4O. The predicted octanol–water partition coefficient (Wildman–Crippen LogP) is 2.16. The number of rotatable bonds is 7. The van der Waals surface area contributed by atoms with Gasteiger partial charge in [-0.3, -0.25) is 9.79 Å². The Bertz CT molecular complexity index is 534. The molecular weight excluding hydrogens is 288 g/mol. The minimum atomic E-state index is -0.649. The van der Waals surface area contributed by atoms with Crippen LogP contribution in [0.3, 0.4) is 0 Å². The lowest BCUT2D eigenvalue weighted by molar-refractivity contribution is -0.125. The fourth-order valence-corrected chi connectivity index (χ4v) is 2.05. The number of carbonyl (C=O) groups is 1. The van der Waals surface area contributed by atoms with Crippen LogP contribution >= 0.6 is 0 Å². The molecule has 5 nitrogen and oxygen atoms in total. The summed E-state index contributed by atoms with van der Waals surface area (Å²) in [5.41, 5.74) is 7.33. The van der Waals surface area contributed by atoms with Crippen molar-refractivity contribution in [3.63, 3.8) is 0 Å². The molecule has 0 aliphatic heterocycles. The molecule has 0 fully saturated rings. The molecule has 0 heterocycles. The number of amides is 1. The third kappa shape index (κ3) is 5.93. The molecule has 0 aliphatic carbocycles. The quantitative estimate of drug-likeness (QED) is 0.598. The lowest BCUT2D eigenvalue weighted by Gasteiger charge is -2.24. The summed E-state index contributed by atoms with van der Waals surface area (Å²) in [7, 11) is 1.99. The van der Waals surface area contributed by atoms with Gasteiger partial charge in [-0.05, 0) is 38.3 Å². The van der Waals surface area contributed by atoms with E-state index >= 15 is 0 Å². The van der Waals surface area contributed by atoms with Gasteiger partial charge in [0.1, 0.15) is 0 Å². The van der Waals surface area contributed by atoms with Crippen LogP contribution in [0.2, 0.25) is 0 Å². The number of nitrogens with two attached hydrogens (primary N) is 1. The molecule has 0 radical (unpaired) electrons. The maximum Gasteiger partial charge on any atom is 0.224 e. The standard InChI is InChI=1S/C18H30N4O/c1-6-14-8-10-15(11-9-14)12-22(5)17(20-7-2)21-13-18(3,4)16(19)23/h8-11H,6-7,12-13H2,1-5H3,(H2,19,23)(H,20,21). The number of benzene rings is 1. The highest BCUT2D eigenvalue weighted by molar-refractivity contribution is 5.82. The number of nitrogens with one attached hydrogen (secondary N) is 1. The Labute approximate surface area is 140 Å². The number of guanidine groups is 1. The van der Waals surface area contributed by atoms with Gasteiger partial charge in [-0.1, -0.05) is 31.2 Å². The molecule has 0 aromatic heterocycles. The average Bonchev–Trinajstić information content (AvgIpc) is 2.51. The molecule has 0 bridgehead atoms. The minimum absolute atomic E-state index is 0.338. The van der Waals surface area contributed by atoms with Crippen LogP contribution in [-0.2, 0) is 17.8 Å². The van der Waals surface area contributed by atoms with E-state index in [9.17, 15) is 4.79 Å². The Morgan fingerprint density at radius 2 is 1.78 bits per heavy atom. The summed E-state index contributed by atoms with van der Waals surface area (Å²) in [6.45, 7) is 9.69. The molecule has 23 heavy (non-hydrogen) atoms. The lowest BCUT2D eigenvalue weighted by atomic mass is 9.93. The van der Waals surface area contributed by atoms with E-state index in [0.29, 0.717) is 6.54 Å². The molecule has 1 amide bonds. The van der Waals surface area contributed by atoms with Crippen molar-refractivity contribution in [3.05, 3.63) is 35.4 Å². The maximum absolute atomic E-state index is 11.4. The van der Waals surface area contributed by atoms with Crippen molar-refractivity contribution < 1.29 is 4.79 Å². The summed E-state index contributed by atoms with van der Waals surface area (Å²) >= 11 is 0. The van der Waals surface area contributed by atoms with E-state index in [-0.39, 0.29) is 5.91 Å². The van der Waals surface area contributed by atoms with Gasteiger partial charge in [0.05, 0.1) is 12.0 Å². The third-order valence-corrected chi connectivity index (χ3v) is 3.84. The van der Waals surface area contributed by atoms with Crippen molar-refractivity contribution in [2.45, 2.75) is 40.7 Å². The predicted molar refractivity (Wildman–Crippen MR) is 96.2 cm³/mol. The normalized spacial score (nSPS) is 12.1. The van der Waals surface area contributed by atoms with Gasteiger partial charge in [0.25, 0.3) is 0 Å². The summed E-state index contributed by atoms with van der Waals surface area (Å²) in [6.07, 6.45) is 1.04. The second-order valence-electron chi connectivity index (χ2n) is 6.44. The topological polar surface area (TPSA) is 70.7 Å². The Balaban J connectivity index is 2.80. The summed E-state index contributed by atoms with van der Waals surface area (Å²) < 4.78 is 0. The van der Waals surface area contributed by atoms with E-state index in [1.807, 2.05) is 27.8 Å². The van der Waals surface area contributed by atoms with Gasteiger partial charge in [0, 0.05) is 20.1 Å². The highest BCUT2D eigenvalue weighted by Gasteiger charge is 2.24. The van der Waals surface area contributed by atoms with Crippen molar-refractivity contribution in [3.8, 4) is 0 Å². The second kappa shape index (κ2) is 8.56. The minimum Gasteiger partial charge on any atom is -0.369 e. The Hall–Kier alpha value is -2.04. The Morgan fingerprint density at radius 1 is 1.22 bits per heavy atom. The van der Waals surface area contributed by atoms with Gasteiger partial charge < -0.3 is 16.0 Å². The van der Waals surface area contributed by atoms with Crippen LogP contribution in [-0.4, -0.2) is 36.9 Å². The number of primary amides is 1. The van der Waals surface area contributed by atoms with E-state index in [1.54, 1.807) is 0 Å². The summed E-state index contributed by atoms with van der Waals surface area (Å²) in [4.78, 5) is 18.1.